The minimum atomic E-state index is -0.184. The summed E-state index contributed by atoms with van der Waals surface area (Å²) < 4.78 is 1.63. The molecule has 0 spiro atoms. The summed E-state index contributed by atoms with van der Waals surface area (Å²) in [5.74, 6) is 0.357. The van der Waals surface area contributed by atoms with Crippen LogP contribution in [0.3, 0.4) is 0 Å². The Bertz CT molecular complexity index is 463. The van der Waals surface area contributed by atoms with Crippen LogP contribution in [-0.4, -0.2) is 20.7 Å². The Kier molecular flexibility index (Phi) is 2.45. The number of pyridine rings is 1. The second kappa shape index (κ2) is 3.91. The van der Waals surface area contributed by atoms with Crippen molar-refractivity contribution in [3.8, 4) is 0 Å². The first-order chi connectivity index (χ1) is 7.25. The van der Waals surface area contributed by atoms with Crippen LogP contribution in [0.1, 0.15) is 10.4 Å². The van der Waals surface area contributed by atoms with Gasteiger partial charge < -0.3 is 5.32 Å². The lowest BCUT2D eigenvalue weighted by atomic mass is 10.2. The first-order valence-electron chi connectivity index (χ1n) is 4.47. The van der Waals surface area contributed by atoms with Gasteiger partial charge in [-0.15, -0.1) is 0 Å². The number of aromatic nitrogens is 3. The third-order valence-corrected chi connectivity index (χ3v) is 1.90. The van der Waals surface area contributed by atoms with E-state index in [1.54, 1.807) is 48.5 Å². The number of carbonyl (C=O) groups is 1. The van der Waals surface area contributed by atoms with Crippen LogP contribution in [0, 0.1) is 0 Å². The van der Waals surface area contributed by atoms with Crippen LogP contribution in [-0.2, 0) is 7.05 Å². The Labute approximate surface area is 86.8 Å². The number of nitrogens with zero attached hydrogens (tertiary/aromatic N) is 3. The summed E-state index contributed by atoms with van der Waals surface area (Å²) in [6, 6.07) is 5.04. The van der Waals surface area contributed by atoms with Gasteiger partial charge in [0.05, 0.1) is 0 Å². The molecular formula is C10H10N4O. The molecule has 0 radical (unpaired) electrons. The number of amides is 1. The highest BCUT2D eigenvalue weighted by Gasteiger charge is 2.06. The molecule has 0 aliphatic carbocycles. The van der Waals surface area contributed by atoms with Gasteiger partial charge in [-0.2, -0.15) is 5.10 Å². The van der Waals surface area contributed by atoms with E-state index in [4.69, 9.17) is 0 Å². The smallest absolute Gasteiger partial charge is 0.256 e. The van der Waals surface area contributed by atoms with Crippen molar-refractivity contribution in [2.24, 2.45) is 7.05 Å². The molecule has 0 bridgehead atoms. The van der Waals surface area contributed by atoms with E-state index in [-0.39, 0.29) is 5.91 Å². The minimum Gasteiger partial charge on any atom is -0.305 e. The molecule has 0 atom stereocenters. The number of hydrogen-bond acceptors (Lipinski definition) is 3. The fourth-order valence-corrected chi connectivity index (χ4v) is 1.17. The van der Waals surface area contributed by atoms with Gasteiger partial charge in [-0.3, -0.25) is 14.5 Å². The zero-order valence-corrected chi connectivity index (χ0v) is 8.21. The summed E-state index contributed by atoms with van der Waals surface area (Å²) in [5.41, 5.74) is 0.565. The van der Waals surface area contributed by atoms with E-state index >= 15 is 0 Å². The lowest BCUT2D eigenvalue weighted by Crippen LogP contribution is -2.12. The van der Waals surface area contributed by atoms with Crippen LogP contribution < -0.4 is 5.32 Å². The first kappa shape index (κ1) is 9.39. The highest BCUT2D eigenvalue weighted by molar-refractivity contribution is 6.03. The topological polar surface area (TPSA) is 59.8 Å². The van der Waals surface area contributed by atoms with E-state index in [1.807, 2.05) is 0 Å². The van der Waals surface area contributed by atoms with Crippen LogP contribution in [0.5, 0.6) is 0 Å². The molecule has 0 unspecified atom stereocenters. The molecule has 5 heteroatoms. The van der Waals surface area contributed by atoms with Crippen molar-refractivity contribution in [2.75, 3.05) is 5.32 Å². The Hall–Kier alpha value is -2.17. The maximum Gasteiger partial charge on any atom is 0.256 e. The molecule has 0 aliphatic heterocycles. The fourth-order valence-electron chi connectivity index (χ4n) is 1.17. The van der Waals surface area contributed by atoms with Gasteiger partial charge in [-0.25, -0.2) is 0 Å². The largest absolute Gasteiger partial charge is 0.305 e. The average molecular weight is 202 g/mol. The van der Waals surface area contributed by atoms with Crippen molar-refractivity contribution in [1.29, 1.82) is 0 Å². The summed E-state index contributed by atoms with van der Waals surface area (Å²) in [5, 5.41) is 6.73. The van der Waals surface area contributed by atoms with Gasteiger partial charge in [0.25, 0.3) is 5.91 Å². The number of nitrogens with one attached hydrogen (secondary N) is 1. The summed E-state index contributed by atoms with van der Waals surface area (Å²) in [7, 11) is 1.79. The quantitative estimate of drug-likeness (QED) is 0.792. The summed E-state index contributed by atoms with van der Waals surface area (Å²) in [6.45, 7) is 0. The van der Waals surface area contributed by atoms with Gasteiger partial charge in [0.2, 0.25) is 0 Å². The van der Waals surface area contributed by atoms with Crippen molar-refractivity contribution in [3.05, 3.63) is 42.4 Å². The Morgan fingerprint density at radius 3 is 2.67 bits per heavy atom. The molecule has 2 aromatic heterocycles. The van der Waals surface area contributed by atoms with E-state index < -0.39 is 0 Å². The van der Waals surface area contributed by atoms with E-state index in [1.165, 1.54) is 0 Å². The van der Waals surface area contributed by atoms with E-state index in [0.29, 0.717) is 11.4 Å². The number of rotatable bonds is 2. The molecule has 76 valence electrons. The maximum absolute atomic E-state index is 11.6. The molecule has 2 aromatic rings. The molecule has 0 saturated heterocycles. The Balaban J connectivity index is 2.11. The number of carbonyl (C=O) groups excluding carboxylic acids is 1. The zero-order valence-electron chi connectivity index (χ0n) is 8.21. The molecule has 2 rings (SSSR count). The van der Waals surface area contributed by atoms with Crippen molar-refractivity contribution in [3.63, 3.8) is 0 Å². The average Bonchev–Trinajstić information content (AvgIpc) is 2.65. The van der Waals surface area contributed by atoms with Crippen LogP contribution >= 0.6 is 0 Å². The van der Waals surface area contributed by atoms with Crippen LogP contribution in [0.2, 0.25) is 0 Å². The van der Waals surface area contributed by atoms with Crippen molar-refractivity contribution >= 4 is 11.7 Å². The second-order valence-electron chi connectivity index (χ2n) is 3.06. The standard InChI is InChI=1S/C10H10N4O/c1-14-7-4-9(13-14)12-10(15)8-2-5-11-6-3-8/h2-7H,1H3,(H,12,13,15). The molecular weight excluding hydrogens is 192 g/mol. The predicted molar refractivity (Wildman–Crippen MR) is 55.4 cm³/mol. The normalized spacial score (nSPS) is 9.93. The summed E-state index contributed by atoms with van der Waals surface area (Å²) in [4.78, 5) is 15.5. The predicted octanol–water partition coefficient (Wildman–Crippen LogP) is 1.07. The van der Waals surface area contributed by atoms with Crippen LogP contribution in [0.15, 0.2) is 36.8 Å². The van der Waals surface area contributed by atoms with E-state index in [9.17, 15) is 4.79 Å². The number of anilines is 1. The van der Waals surface area contributed by atoms with E-state index in [2.05, 4.69) is 15.4 Å². The highest BCUT2D eigenvalue weighted by Crippen LogP contribution is 2.04. The minimum absolute atomic E-state index is 0.184. The summed E-state index contributed by atoms with van der Waals surface area (Å²) in [6.07, 6.45) is 4.92. The van der Waals surface area contributed by atoms with Gasteiger partial charge in [-0.05, 0) is 12.1 Å². The zero-order chi connectivity index (χ0) is 10.7. The van der Waals surface area contributed by atoms with Crippen molar-refractivity contribution < 1.29 is 4.79 Å². The lowest BCUT2D eigenvalue weighted by molar-refractivity contribution is 0.102. The molecule has 0 aromatic carbocycles. The number of hydrogen-bond donors (Lipinski definition) is 1. The second-order valence-corrected chi connectivity index (χ2v) is 3.06. The first-order valence-corrected chi connectivity index (χ1v) is 4.47. The maximum atomic E-state index is 11.6. The van der Waals surface area contributed by atoms with Crippen LogP contribution in [0.25, 0.3) is 0 Å². The molecule has 1 amide bonds. The van der Waals surface area contributed by atoms with Gasteiger partial charge in [0.15, 0.2) is 5.82 Å². The summed E-state index contributed by atoms with van der Waals surface area (Å²) >= 11 is 0. The third kappa shape index (κ3) is 2.19. The monoisotopic (exact) mass is 202 g/mol. The van der Waals surface area contributed by atoms with Gasteiger partial charge in [0, 0.05) is 37.3 Å². The van der Waals surface area contributed by atoms with Gasteiger partial charge in [-0.1, -0.05) is 0 Å². The van der Waals surface area contributed by atoms with E-state index in [0.717, 1.165) is 0 Å². The fraction of sp³-hybridized carbons (Fsp3) is 0.100. The SMILES string of the molecule is Cn1ccc(NC(=O)c2ccncc2)n1. The Morgan fingerprint density at radius 2 is 2.07 bits per heavy atom. The molecule has 5 nitrogen and oxygen atoms in total. The molecule has 2 heterocycles. The molecule has 0 saturated carbocycles. The van der Waals surface area contributed by atoms with Crippen molar-refractivity contribution in [1.82, 2.24) is 14.8 Å². The molecule has 1 N–H and O–H groups in total. The highest BCUT2D eigenvalue weighted by atomic mass is 16.1. The third-order valence-electron chi connectivity index (χ3n) is 1.90. The lowest BCUT2D eigenvalue weighted by Gasteiger charge is -2.00. The molecule has 0 aliphatic rings. The van der Waals surface area contributed by atoms with Crippen molar-refractivity contribution in [2.45, 2.75) is 0 Å². The Morgan fingerprint density at radius 1 is 1.33 bits per heavy atom. The number of aryl methyl sites for hydroxylation is 1. The van der Waals surface area contributed by atoms with Gasteiger partial charge >= 0.3 is 0 Å². The van der Waals surface area contributed by atoms with Gasteiger partial charge in [0.1, 0.15) is 0 Å². The van der Waals surface area contributed by atoms with Crippen LogP contribution in [0.4, 0.5) is 5.82 Å². The molecule has 0 fully saturated rings. The molecule has 15 heavy (non-hydrogen) atoms.